The number of hydrogen-bond donors (Lipinski definition) is 2. The number of Topliss-reactive ketones (excluding diaryl/α,β-unsaturated/α-hetero) is 1. The van der Waals surface area contributed by atoms with Gasteiger partial charge in [-0.3, -0.25) is 9.59 Å². The van der Waals surface area contributed by atoms with Crippen LogP contribution in [0.3, 0.4) is 0 Å². The molecule has 0 aromatic heterocycles. The third-order valence-corrected chi connectivity index (χ3v) is 6.30. The Morgan fingerprint density at radius 2 is 1.81 bits per heavy atom. The summed E-state index contributed by atoms with van der Waals surface area (Å²) >= 11 is 0. The summed E-state index contributed by atoms with van der Waals surface area (Å²) in [4.78, 5) is 25.9. The van der Waals surface area contributed by atoms with Gasteiger partial charge < -0.3 is 20.1 Å². The van der Waals surface area contributed by atoms with Gasteiger partial charge >= 0.3 is 12.4 Å². The van der Waals surface area contributed by atoms with E-state index < -0.39 is 64.4 Å². The van der Waals surface area contributed by atoms with Crippen LogP contribution in [0, 0.1) is 5.41 Å². The minimum Gasteiger partial charge on any atom is -0.497 e. The molecule has 12 heteroatoms. The highest BCUT2D eigenvalue weighted by atomic mass is 19.4. The molecule has 6 nitrogen and oxygen atoms in total. The van der Waals surface area contributed by atoms with E-state index in [-0.39, 0.29) is 18.7 Å². The number of ketones is 1. The summed E-state index contributed by atoms with van der Waals surface area (Å²) in [5, 5.41) is 3.81. The van der Waals surface area contributed by atoms with Crippen LogP contribution < -0.4 is 15.4 Å². The second kappa shape index (κ2) is 9.95. The van der Waals surface area contributed by atoms with Gasteiger partial charge in [-0.25, -0.2) is 0 Å². The van der Waals surface area contributed by atoms with Crippen molar-refractivity contribution in [3.05, 3.63) is 41.1 Å². The fourth-order valence-corrected chi connectivity index (χ4v) is 4.60. The quantitative estimate of drug-likeness (QED) is 0.508. The molecule has 1 aromatic rings. The number of allylic oxidation sites excluding steroid dienone is 1. The number of methoxy groups -OCH3 is 1. The Labute approximate surface area is 204 Å². The lowest BCUT2D eigenvalue weighted by atomic mass is 9.70. The molecular formula is C24H28F6N2O4. The van der Waals surface area contributed by atoms with Crippen molar-refractivity contribution in [2.24, 2.45) is 5.41 Å². The summed E-state index contributed by atoms with van der Waals surface area (Å²) in [5.74, 6) is -2.95. The lowest BCUT2D eigenvalue weighted by molar-refractivity contribution is -0.290. The van der Waals surface area contributed by atoms with Gasteiger partial charge in [0.15, 0.2) is 5.78 Å². The number of hydrogen-bond acceptors (Lipinski definition) is 5. The van der Waals surface area contributed by atoms with E-state index in [0.29, 0.717) is 19.4 Å². The number of alkyl halides is 6. The van der Waals surface area contributed by atoms with Gasteiger partial charge in [-0.2, -0.15) is 26.3 Å². The fraction of sp³-hybridized carbons (Fsp3) is 0.583. The van der Waals surface area contributed by atoms with Crippen LogP contribution in [0.15, 0.2) is 35.5 Å². The number of benzene rings is 1. The van der Waals surface area contributed by atoms with Crippen molar-refractivity contribution in [3.8, 4) is 5.75 Å². The van der Waals surface area contributed by atoms with Gasteiger partial charge in [0.25, 0.3) is 11.4 Å². The van der Waals surface area contributed by atoms with Gasteiger partial charge in [-0.1, -0.05) is 19.9 Å². The van der Waals surface area contributed by atoms with E-state index >= 15 is 0 Å². The summed E-state index contributed by atoms with van der Waals surface area (Å²) in [7, 11) is 1.23. The fourth-order valence-electron chi connectivity index (χ4n) is 4.60. The van der Waals surface area contributed by atoms with Crippen LogP contribution in [0.2, 0.25) is 0 Å². The van der Waals surface area contributed by atoms with E-state index in [2.05, 4.69) is 5.32 Å². The number of carbonyl (C=O) groups excluding carboxylic acids is 2. The first-order valence-electron chi connectivity index (χ1n) is 11.3. The minimum atomic E-state index is -6.09. The van der Waals surface area contributed by atoms with Crippen LogP contribution in [-0.4, -0.2) is 55.9 Å². The lowest BCUT2D eigenvalue weighted by Crippen LogP contribution is -2.70. The number of nitrogens with one attached hydrogen (secondary N) is 2. The maximum absolute atomic E-state index is 14.6. The van der Waals surface area contributed by atoms with E-state index in [1.54, 1.807) is 13.8 Å². The number of ether oxygens (including phenoxy) is 2. The molecule has 0 radical (unpaired) electrons. The largest absolute Gasteiger partial charge is 0.497 e. The summed E-state index contributed by atoms with van der Waals surface area (Å²) in [5.41, 5.74) is -8.39. The van der Waals surface area contributed by atoms with Crippen molar-refractivity contribution in [2.45, 2.75) is 63.5 Å². The SMILES string of the molecule is COc1cccc(C(=O)NC(C2=C(NCC3CCCO3)CC(C)(C)CC2=O)(C(F)(F)F)C(F)(F)F)c1. The van der Waals surface area contributed by atoms with E-state index in [1.165, 1.54) is 24.6 Å². The first kappa shape index (κ1) is 27.8. The molecule has 1 atom stereocenters. The van der Waals surface area contributed by atoms with E-state index in [1.807, 2.05) is 0 Å². The summed E-state index contributed by atoms with van der Waals surface area (Å²) in [6, 6.07) is 4.68. The van der Waals surface area contributed by atoms with Crippen molar-refractivity contribution in [1.29, 1.82) is 0 Å². The normalized spacial score (nSPS) is 20.9. The minimum absolute atomic E-state index is 0.0564. The third-order valence-electron chi connectivity index (χ3n) is 6.30. The molecule has 0 saturated carbocycles. The van der Waals surface area contributed by atoms with Gasteiger partial charge in [0.05, 0.1) is 18.8 Å². The van der Waals surface area contributed by atoms with Crippen LogP contribution in [0.25, 0.3) is 0 Å². The molecule has 36 heavy (non-hydrogen) atoms. The Balaban J connectivity index is 2.18. The highest BCUT2D eigenvalue weighted by Crippen LogP contribution is 2.52. The average Bonchev–Trinajstić information content (AvgIpc) is 3.27. The third kappa shape index (κ3) is 5.47. The van der Waals surface area contributed by atoms with Crippen molar-refractivity contribution in [2.75, 3.05) is 20.3 Å². The average molecular weight is 522 g/mol. The second-order valence-electron chi connectivity index (χ2n) is 9.74. The van der Waals surface area contributed by atoms with Crippen LogP contribution in [0.1, 0.15) is 49.9 Å². The number of carbonyl (C=O) groups is 2. The molecule has 0 bridgehead atoms. The molecule has 1 fully saturated rings. The molecule has 1 unspecified atom stereocenters. The van der Waals surface area contributed by atoms with E-state index in [4.69, 9.17) is 9.47 Å². The molecule has 2 aliphatic rings. The second-order valence-corrected chi connectivity index (χ2v) is 9.74. The lowest BCUT2D eigenvalue weighted by Gasteiger charge is -2.44. The standard InChI is InChI=1S/C24H28F6N2O4/c1-21(2)11-17(31-13-16-8-5-9-36-16)19(18(33)12-21)22(23(25,26)27,24(28,29)30)32-20(34)14-6-4-7-15(10-14)35-3/h4,6-7,10,16,31H,5,8-9,11-13H2,1-3H3,(H,32,34). The Morgan fingerprint density at radius 3 is 2.36 bits per heavy atom. The Bertz CT molecular complexity index is 1010. The maximum atomic E-state index is 14.6. The topological polar surface area (TPSA) is 76.7 Å². The summed E-state index contributed by atoms with van der Waals surface area (Å²) in [6.07, 6.45) is -12.2. The highest BCUT2D eigenvalue weighted by molar-refractivity contribution is 6.02. The zero-order valence-corrected chi connectivity index (χ0v) is 20.0. The highest BCUT2D eigenvalue weighted by Gasteiger charge is 2.75. The zero-order valence-electron chi connectivity index (χ0n) is 20.0. The van der Waals surface area contributed by atoms with Gasteiger partial charge in [0.2, 0.25) is 0 Å². The Kier molecular flexibility index (Phi) is 7.69. The van der Waals surface area contributed by atoms with Crippen LogP contribution in [0.5, 0.6) is 5.75 Å². The Hall–Kier alpha value is -2.76. The molecule has 1 heterocycles. The smallest absolute Gasteiger partial charge is 0.425 e. The molecular weight excluding hydrogens is 494 g/mol. The predicted molar refractivity (Wildman–Crippen MR) is 117 cm³/mol. The number of halogens is 6. The molecule has 3 rings (SSSR count). The van der Waals surface area contributed by atoms with Crippen molar-refractivity contribution < 1.29 is 45.4 Å². The molecule has 1 amide bonds. The number of rotatable bonds is 7. The van der Waals surface area contributed by atoms with Crippen molar-refractivity contribution >= 4 is 11.7 Å². The Morgan fingerprint density at radius 1 is 1.14 bits per heavy atom. The molecule has 200 valence electrons. The van der Waals surface area contributed by atoms with Crippen molar-refractivity contribution in [3.63, 3.8) is 0 Å². The van der Waals surface area contributed by atoms with E-state index in [9.17, 15) is 35.9 Å². The first-order valence-corrected chi connectivity index (χ1v) is 11.3. The first-order chi connectivity index (χ1) is 16.6. The van der Waals surface area contributed by atoms with Crippen LogP contribution in [0.4, 0.5) is 26.3 Å². The van der Waals surface area contributed by atoms with Gasteiger partial charge in [0, 0.05) is 30.8 Å². The monoisotopic (exact) mass is 522 g/mol. The van der Waals surface area contributed by atoms with E-state index in [0.717, 1.165) is 12.1 Å². The van der Waals surface area contributed by atoms with Crippen LogP contribution in [-0.2, 0) is 9.53 Å². The molecule has 2 N–H and O–H groups in total. The van der Waals surface area contributed by atoms with Gasteiger partial charge in [0.1, 0.15) is 5.75 Å². The van der Waals surface area contributed by atoms with Crippen LogP contribution >= 0.6 is 0 Å². The summed E-state index contributed by atoms with van der Waals surface area (Å²) < 4.78 is 97.7. The summed E-state index contributed by atoms with van der Waals surface area (Å²) in [6.45, 7) is 3.51. The zero-order chi connectivity index (χ0) is 26.9. The van der Waals surface area contributed by atoms with Gasteiger partial charge in [-0.05, 0) is 42.9 Å². The van der Waals surface area contributed by atoms with Gasteiger partial charge in [-0.15, -0.1) is 0 Å². The maximum Gasteiger partial charge on any atom is 0.425 e. The predicted octanol–water partition coefficient (Wildman–Crippen LogP) is 4.70. The van der Waals surface area contributed by atoms with Crippen molar-refractivity contribution in [1.82, 2.24) is 10.6 Å². The molecule has 1 aliphatic carbocycles. The molecule has 1 aromatic carbocycles. The molecule has 1 saturated heterocycles. The molecule has 0 spiro atoms. The number of amides is 1. The molecule has 1 aliphatic heterocycles.